The number of benzene rings is 1. The lowest BCUT2D eigenvalue weighted by Crippen LogP contribution is -2.39. The van der Waals surface area contributed by atoms with Gasteiger partial charge in [-0.25, -0.2) is 9.59 Å². The maximum absolute atomic E-state index is 12.0. The van der Waals surface area contributed by atoms with E-state index >= 15 is 0 Å². The lowest BCUT2D eigenvalue weighted by atomic mass is 9.76. The first kappa shape index (κ1) is 17.2. The van der Waals surface area contributed by atoms with Gasteiger partial charge in [0.25, 0.3) is 0 Å². The van der Waals surface area contributed by atoms with Gasteiger partial charge in [0, 0.05) is 0 Å². The van der Waals surface area contributed by atoms with E-state index in [-0.39, 0.29) is 13.2 Å². The van der Waals surface area contributed by atoms with E-state index in [9.17, 15) is 9.59 Å². The van der Waals surface area contributed by atoms with Gasteiger partial charge < -0.3 is 18.8 Å². The predicted octanol–water partition coefficient (Wildman–Crippen LogP) is 0.935. The van der Waals surface area contributed by atoms with Crippen LogP contribution >= 0.6 is 0 Å². The van der Waals surface area contributed by atoms with E-state index < -0.39 is 31.3 Å². The first-order chi connectivity index (χ1) is 11.1. The van der Waals surface area contributed by atoms with Gasteiger partial charge in [-0.1, -0.05) is 36.9 Å². The third-order valence-corrected chi connectivity index (χ3v) is 3.32. The Bertz CT molecular complexity index is 562. The van der Waals surface area contributed by atoms with Crippen LogP contribution in [0.25, 0.3) is 6.08 Å². The number of rotatable bonds is 6. The number of hydrogen-bond acceptors (Lipinski definition) is 6. The Hall–Kier alpha value is -2.12. The van der Waals surface area contributed by atoms with Crippen LogP contribution < -0.4 is 5.46 Å². The third-order valence-electron chi connectivity index (χ3n) is 3.32. The highest BCUT2D eigenvalue weighted by Gasteiger charge is 2.50. The molecule has 0 amide bonds. The molecular weight excluding hydrogens is 299 g/mol. The van der Waals surface area contributed by atoms with E-state index in [0.717, 1.165) is 5.56 Å². The van der Waals surface area contributed by atoms with Crippen molar-refractivity contribution in [3.63, 3.8) is 0 Å². The smallest absolute Gasteiger partial charge is 0.464 e. The van der Waals surface area contributed by atoms with Crippen LogP contribution in [0.2, 0.25) is 0 Å². The molecule has 1 aliphatic heterocycles. The summed E-state index contributed by atoms with van der Waals surface area (Å²) in [7, 11) is -0.868. The van der Waals surface area contributed by atoms with E-state index in [2.05, 4.69) is 6.58 Å². The Morgan fingerprint density at radius 1 is 1.13 bits per heavy atom. The average molecular weight is 318 g/mol. The van der Waals surface area contributed by atoms with E-state index in [0.29, 0.717) is 5.46 Å². The molecule has 1 fully saturated rings. The van der Waals surface area contributed by atoms with Crippen molar-refractivity contribution in [2.45, 2.75) is 26.1 Å². The van der Waals surface area contributed by atoms with Crippen molar-refractivity contribution >= 4 is 30.6 Å². The van der Waals surface area contributed by atoms with Crippen LogP contribution in [0.15, 0.2) is 30.8 Å². The lowest BCUT2D eigenvalue weighted by molar-refractivity contribution is -0.163. The second kappa shape index (κ2) is 7.94. The van der Waals surface area contributed by atoms with Crippen LogP contribution in [0.3, 0.4) is 0 Å². The molecule has 23 heavy (non-hydrogen) atoms. The Labute approximate surface area is 135 Å². The molecule has 2 atom stereocenters. The number of carbonyl (C=O) groups is 2. The Morgan fingerprint density at radius 3 is 2.13 bits per heavy atom. The zero-order valence-corrected chi connectivity index (χ0v) is 13.2. The molecule has 0 unspecified atom stereocenters. The number of hydrogen-bond donors (Lipinski definition) is 0. The molecule has 1 saturated heterocycles. The third kappa shape index (κ3) is 3.81. The molecule has 2 rings (SSSR count). The molecule has 1 aliphatic rings. The predicted molar refractivity (Wildman–Crippen MR) is 84.9 cm³/mol. The molecule has 0 N–H and O–H groups in total. The topological polar surface area (TPSA) is 71.1 Å². The monoisotopic (exact) mass is 318 g/mol. The van der Waals surface area contributed by atoms with Crippen molar-refractivity contribution in [2.24, 2.45) is 0 Å². The van der Waals surface area contributed by atoms with Gasteiger partial charge in [-0.3, -0.25) is 0 Å². The zero-order chi connectivity index (χ0) is 16.8. The largest absolute Gasteiger partial charge is 0.495 e. The van der Waals surface area contributed by atoms with E-state index in [1.54, 1.807) is 26.0 Å². The molecule has 1 heterocycles. The number of ether oxygens (including phenoxy) is 2. The fraction of sp³-hybridized carbons (Fsp3) is 0.375. The maximum atomic E-state index is 12.0. The highest BCUT2D eigenvalue weighted by molar-refractivity contribution is 6.63. The van der Waals surface area contributed by atoms with E-state index in [1.807, 2.05) is 18.2 Å². The van der Waals surface area contributed by atoms with Gasteiger partial charge in [-0.15, -0.1) is 0 Å². The Balaban J connectivity index is 2.26. The Kier molecular flexibility index (Phi) is 5.95. The summed E-state index contributed by atoms with van der Waals surface area (Å²) < 4.78 is 21.2. The summed E-state index contributed by atoms with van der Waals surface area (Å²) in [5.41, 5.74) is 1.48. The minimum absolute atomic E-state index is 0.183. The number of esters is 2. The van der Waals surface area contributed by atoms with Crippen molar-refractivity contribution in [3.8, 4) is 0 Å². The van der Waals surface area contributed by atoms with Gasteiger partial charge in [-0.05, 0) is 24.9 Å². The SMILES string of the molecule is C=Cc1ccccc1B1O[C@H](C(=O)OCC)[C@@H](C(=O)OCC)O1. The summed E-state index contributed by atoms with van der Waals surface area (Å²) >= 11 is 0. The molecule has 0 aliphatic carbocycles. The molecule has 0 radical (unpaired) electrons. The van der Waals surface area contributed by atoms with Crippen LogP contribution in [0, 0.1) is 0 Å². The molecular formula is C16H19BO6. The molecule has 1 aromatic rings. The van der Waals surface area contributed by atoms with Gasteiger partial charge in [0.2, 0.25) is 0 Å². The molecule has 0 bridgehead atoms. The second-order valence-electron chi connectivity index (χ2n) is 4.78. The summed E-state index contributed by atoms with van der Waals surface area (Å²) in [5, 5.41) is 0. The normalized spacial score (nSPS) is 20.2. The van der Waals surface area contributed by atoms with Crippen molar-refractivity contribution < 1.29 is 28.4 Å². The highest BCUT2D eigenvalue weighted by Crippen LogP contribution is 2.21. The van der Waals surface area contributed by atoms with Crippen LogP contribution in [-0.4, -0.2) is 44.5 Å². The van der Waals surface area contributed by atoms with Crippen molar-refractivity contribution in [3.05, 3.63) is 36.4 Å². The first-order valence-electron chi connectivity index (χ1n) is 7.47. The van der Waals surface area contributed by atoms with Crippen LogP contribution in [0.1, 0.15) is 19.4 Å². The summed E-state index contributed by atoms with van der Waals surface area (Å²) in [6.45, 7) is 7.46. The van der Waals surface area contributed by atoms with Crippen LogP contribution in [0.4, 0.5) is 0 Å². The fourth-order valence-corrected chi connectivity index (χ4v) is 2.31. The minimum atomic E-state index is -1.16. The average Bonchev–Trinajstić information content (AvgIpc) is 3.00. The molecule has 0 saturated carbocycles. The van der Waals surface area contributed by atoms with Crippen LogP contribution in [-0.2, 0) is 28.4 Å². The van der Waals surface area contributed by atoms with Gasteiger partial charge in [-0.2, -0.15) is 0 Å². The molecule has 122 valence electrons. The van der Waals surface area contributed by atoms with Crippen molar-refractivity contribution in [1.29, 1.82) is 0 Å². The minimum Gasteiger partial charge on any atom is -0.464 e. The Morgan fingerprint density at radius 2 is 1.65 bits per heavy atom. The summed E-state index contributed by atoms with van der Waals surface area (Å²) in [6.07, 6.45) is -0.659. The van der Waals surface area contributed by atoms with Gasteiger partial charge in [0.05, 0.1) is 13.2 Å². The highest BCUT2D eigenvalue weighted by atomic mass is 16.7. The standard InChI is InChI=1S/C16H19BO6/c1-4-11-9-7-8-10-12(11)17-22-13(15(18)20-5-2)14(23-17)16(19)21-6-3/h4,7-10,13-14H,1,5-6H2,2-3H3/t13-,14-/m0/s1. The molecule has 1 aromatic carbocycles. The number of carbonyl (C=O) groups excluding carboxylic acids is 2. The zero-order valence-electron chi connectivity index (χ0n) is 13.2. The van der Waals surface area contributed by atoms with Gasteiger partial charge in [0.1, 0.15) is 0 Å². The molecule has 0 aromatic heterocycles. The van der Waals surface area contributed by atoms with Crippen LogP contribution in [0.5, 0.6) is 0 Å². The van der Waals surface area contributed by atoms with Gasteiger partial charge in [0.15, 0.2) is 12.2 Å². The van der Waals surface area contributed by atoms with Crippen molar-refractivity contribution in [1.82, 2.24) is 0 Å². The van der Waals surface area contributed by atoms with Crippen molar-refractivity contribution in [2.75, 3.05) is 13.2 Å². The maximum Gasteiger partial charge on any atom is 0.495 e. The lowest BCUT2D eigenvalue weighted by Gasteiger charge is -2.15. The summed E-state index contributed by atoms with van der Waals surface area (Å²) in [5.74, 6) is -1.30. The van der Waals surface area contributed by atoms with Gasteiger partial charge >= 0.3 is 19.1 Å². The quantitative estimate of drug-likeness (QED) is 0.574. The second-order valence-corrected chi connectivity index (χ2v) is 4.78. The summed E-state index contributed by atoms with van der Waals surface area (Å²) in [4.78, 5) is 24.1. The van der Waals surface area contributed by atoms with E-state index in [4.69, 9.17) is 18.8 Å². The molecule has 0 spiro atoms. The molecule has 7 heteroatoms. The van der Waals surface area contributed by atoms with E-state index in [1.165, 1.54) is 0 Å². The summed E-state index contributed by atoms with van der Waals surface area (Å²) in [6, 6.07) is 7.29. The molecule has 6 nitrogen and oxygen atoms in total. The fourth-order valence-electron chi connectivity index (χ4n) is 2.31. The first-order valence-corrected chi connectivity index (χ1v) is 7.47.